The third-order valence-corrected chi connectivity index (χ3v) is 5.72. The minimum Gasteiger partial charge on any atom is -0.508 e. The predicted molar refractivity (Wildman–Crippen MR) is 133 cm³/mol. The molecule has 0 unspecified atom stereocenters. The van der Waals surface area contributed by atoms with Gasteiger partial charge >= 0.3 is 5.97 Å². The van der Waals surface area contributed by atoms with Crippen LogP contribution in [-0.4, -0.2) is 58.7 Å². The van der Waals surface area contributed by atoms with Crippen LogP contribution in [0, 0.1) is 0 Å². The molecule has 186 valence electrons. The Hall–Kier alpha value is -3.51. The standard InChI is InChI=1S/C22H23BrClN5O6/c23-16-7-12(24)6-15(20(16)34)17(9-19(32)33)29-18(31)10-27-21(35)11-4-13(8-14(30)5-11)28-22-25-2-1-3-26-22/h4-8,17,30,34H,1-3,9-10H2,(H,27,35)(H,29,31)(H,32,33)(H2,25,26,28)/t17-/m1/s1. The lowest BCUT2D eigenvalue weighted by Crippen LogP contribution is -2.39. The number of carboxylic acids is 1. The monoisotopic (exact) mass is 567 g/mol. The second kappa shape index (κ2) is 11.8. The van der Waals surface area contributed by atoms with Crippen LogP contribution in [0.25, 0.3) is 0 Å². The minimum atomic E-state index is -1.22. The van der Waals surface area contributed by atoms with Gasteiger partial charge in [-0.15, -0.1) is 0 Å². The van der Waals surface area contributed by atoms with Gasteiger partial charge in [0.2, 0.25) is 5.91 Å². The number of hydrogen-bond acceptors (Lipinski definition) is 8. The number of benzene rings is 2. The lowest BCUT2D eigenvalue weighted by atomic mass is 10.0. The molecule has 0 spiro atoms. The summed E-state index contributed by atoms with van der Waals surface area (Å²) in [5, 5.41) is 40.7. The number of carbonyl (C=O) groups excluding carboxylic acids is 2. The number of phenols is 2. The van der Waals surface area contributed by atoms with Crippen LogP contribution in [0.5, 0.6) is 11.5 Å². The van der Waals surface area contributed by atoms with Gasteiger partial charge in [-0.2, -0.15) is 0 Å². The van der Waals surface area contributed by atoms with Gasteiger partial charge in [0.25, 0.3) is 5.91 Å². The number of phenolic OH excluding ortho intramolecular Hbond substituents is 2. The Bertz CT molecular complexity index is 1180. The van der Waals surface area contributed by atoms with Gasteiger partial charge in [-0.05, 0) is 46.6 Å². The fourth-order valence-electron chi connectivity index (χ4n) is 3.34. The zero-order valence-electron chi connectivity index (χ0n) is 18.3. The number of amides is 2. The quantitative estimate of drug-likeness (QED) is 0.254. The number of anilines is 1. The number of carboxylic acid groups (broad SMARTS) is 1. The topological polar surface area (TPSA) is 172 Å². The van der Waals surface area contributed by atoms with E-state index in [4.69, 9.17) is 11.6 Å². The average molecular weight is 569 g/mol. The fraction of sp³-hybridized carbons (Fsp3) is 0.273. The summed E-state index contributed by atoms with van der Waals surface area (Å²) in [6, 6.07) is 5.82. The molecule has 0 radical (unpaired) electrons. The molecule has 13 heteroatoms. The normalized spacial score (nSPS) is 13.7. The van der Waals surface area contributed by atoms with Crippen LogP contribution < -0.4 is 21.3 Å². The van der Waals surface area contributed by atoms with Gasteiger partial charge in [-0.3, -0.25) is 19.4 Å². The highest BCUT2D eigenvalue weighted by Crippen LogP contribution is 2.36. The van der Waals surface area contributed by atoms with Crippen molar-refractivity contribution in [3.63, 3.8) is 0 Å². The SMILES string of the molecule is O=C(O)C[C@@H](NC(=O)CNC(=O)c1cc(O)cc(NC2=NCCCN2)c1)c1cc(Cl)cc(Br)c1O. The maximum Gasteiger partial charge on any atom is 0.305 e. The molecule has 7 N–H and O–H groups in total. The van der Waals surface area contributed by atoms with Gasteiger partial charge in [0.15, 0.2) is 5.96 Å². The maximum absolute atomic E-state index is 12.6. The van der Waals surface area contributed by atoms with Crippen molar-refractivity contribution in [3.8, 4) is 11.5 Å². The average Bonchev–Trinajstić information content (AvgIpc) is 2.79. The van der Waals surface area contributed by atoms with Crippen LogP contribution in [-0.2, 0) is 9.59 Å². The van der Waals surface area contributed by atoms with Crippen molar-refractivity contribution in [3.05, 3.63) is 51.0 Å². The van der Waals surface area contributed by atoms with Crippen molar-refractivity contribution in [1.82, 2.24) is 16.0 Å². The Morgan fingerprint density at radius 3 is 2.63 bits per heavy atom. The van der Waals surface area contributed by atoms with E-state index in [1.54, 1.807) is 0 Å². The van der Waals surface area contributed by atoms with E-state index in [1.165, 1.54) is 30.3 Å². The molecule has 2 amide bonds. The summed E-state index contributed by atoms with van der Waals surface area (Å²) in [6.45, 7) is 0.924. The number of aliphatic carboxylic acids is 1. The second-order valence-electron chi connectivity index (χ2n) is 7.63. The van der Waals surface area contributed by atoms with E-state index in [1.807, 2.05) is 0 Å². The van der Waals surface area contributed by atoms with Gasteiger partial charge in [0.05, 0.1) is 23.5 Å². The molecule has 0 bridgehead atoms. The molecule has 0 saturated heterocycles. The molecule has 0 saturated carbocycles. The number of halogens is 2. The molecule has 0 fully saturated rings. The van der Waals surface area contributed by atoms with Crippen LogP contribution in [0.4, 0.5) is 5.69 Å². The minimum absolute atomic E-state index is 0.0928. The molecule has 35 heavy (non-hydrogen) atoms. The fourth-order valence-corrected chi connectivity index (χ4v) is 4.17. The van der Waals surface area contributed by atoms with E-state index in [0.29, 0.717) is 18.2 Å². The van der Waals surface area contributed by atoms with E-state index in [0.717, 1.165) is 13.0 Å². The molecule has 3 rings (SSSR count). The molecule has 0 aromatic heterocycles. The van der Waals surface area contributed by atoms with Crippen molar-refractivity contribution < 1.29 is 29.7 Å². The largest absolute Gasteiger partial charge is 0.508 e. The van der Waals surface area contributed by atoms with Crippen LogP contribution >= 0.6 is 27.5 Å². The molecule has 2 aromatic rings. The number of hydrogen-bond donors (Lipinski definition) is 7. The molecular weight excluding hydrogens is 546 g/mol. The van der Waals surface area contributed by atoms with Crippen LogP contribution in [0.1, 0.15) is 34.8 Å². The summed E-state index contributed by atoms with van der Waals surface area (Å²) in [7, 11) is 0. The number of guanidine groups is 1. The summed E-state index contributed by atoms with van der Waals surface area (Å²) in [6.07, 6.45) is 0.377. The second-order valence-corrected chi connectivity index (χ2v) is 8.92. The Morgan fingerprint density at radius 1 is 1.17 bits per heavy atom. The number of nitrogens with zero attached hydrogens (tertiary/aromatic N) is 1. The summed E-state index contributed by atoms with van der Waals surface area (Å²) < 4.78 is 0.237. The van der Waals surface area contributed by atoms with E-state index in [2.05, 4.69) is 42.2 Å². The van der Waals surface area contributed by atoms with Crippen molar-refractivity contribution in [2.75, 3.05) is 25.0 Å². The Labute approximate surface area is 213 Å². The van der Waals surface area contributed by atoms with E-state index >= 15 is 0 Å². The van der Waals surface area contributed by atoms with E-state index < -0.39 is 36.8 Å². The molecule has 2 aromatic carbocycles. The highest BCUT2D eigenvalue weighted by Gasteiger charge is 2.23. The number of rotatable bonds is 8. The predicted octanol–water partition coefficient (Wildman–Crippen LogP) is 2.34. The van der Waals surface area contributed by atoms with Gasteiger partial charge in [-0.25, -0.2) is 0 Å². The Morgan fingerprint density at radius 2 is 1.94 bits per heavy atom. The summed E-state index contributed by atoms with van der Waals surface area (Å²) in [4.78, 5) is 40.7. The zero-order valence-corrected chi connectivity index (χ0v) is 20.6. The van der Waals surface area contributed by atoms with Gasteiger partial charge in [0, 0.05) is 41.0 Å². The molecule has 1 aliphatic rings. The van der Waals surface area contributed by atoms with Crippen molar-refractivity contribution in [2.45, 2.75) is 18.9 Å². The Kier molecular flexibility index (Phi) is 8.77. The summed E-state index contributed by atoms with van der Waals surface area (Å²) in [5.41, 5.74) is 0.626. The highest BCUT2D eigenvalue weighted by molar-refractivity contribution is 9.10. The molecule has 1 heterocycles. The van der Waals surface area contributed by atoms with Crippen LogP contribution in [0.2, 0.25) is 5.02 Å². The van der Waals surface area contributed by atoms with Gasteiger partial charge in [0.1, 0.15) is 11.5 Å². The van der Waals surface area contributed by atoms with Crippen molar-refractivity contribution in [1.29, 1.82) is 0 Å². The maximum atomic E-state index is 12.6. The number of aliphatic imine (C=N–C) groups is 1. The van der Waals surface area contributed by atoms with E-state index in [-0.39, 0.29) is 32.1 Å². The lowest BCUT2D eigenvalue weighted by molar-refractivity contribution is -0.137. The van der Waals surface area contributed by atoms with Crippen LogP contribution in [0.15, 0.2) is 39.8 Å². The van der Waals surface area contributed by atoms with Crippen molar-refractivity contribution in [2.24, 2.45) is 4.99 Å². The highest BCUT2D eigenvalue weighted by atomic mass is 79.9. The smallest absolute Gasteiger partial charge is 0.305 e. The summed E-state index contributed by atoms with van der Waals surface area (Å²) in [5.74, 6) is -2.45. The molecule has 1 aliphatic heterocycles. The molecule has 1 atom stereocenters. The number of aromatic hydroxyl groups is 2. The number of carbonyl (C=O) groups is 3. The first-order chi connectivity index (χ1) is 16.6. The van der Waals surface area contributed by atoms with Gasteiger partial charge < -0.3 is 36.6 Å². The zero-order chi connectivity index (χ0) is 25.5. The third kappa shape index (κ3) is 7.49. The van der Waals surface area contributed by atoms with Crippen LogP contribution in [0.3, 0.4) is 0 Å². The lowest BCUT2D eigenvalue weighted by Gasteiger charge is -2.20. The van der Waals surface area contributed by atoms with Crippen molar-refractivity contribution >= 4 is 57.0 Å². The first-order valence-electron chi connectivity index (χ1n) is 10.5. The van der Waals surface area contributed by atoms with Gasteiger partial charge in [-0.1, -0.05) is 11.6 Å². The molecule has 0 aliphatic carbocycles. The summed E-state index contributed by atoms with van der Waals surface area (Å²) >= 11 is 9.13. The molecule has 11 nitrogen and oxygen atoms in total. The molecular formula is C22H23BrClN5O6. The third-order valence-electron chi connectivity index (χ3n) is 4.90. The number of nitrogens with one attached hydrogen (secondary N) is 4. The first-order valence-corrected chi connectivity index (χ1v) is 11.7. The Balaban J connectivity index is 1.66. The van der Waals surface area contributed by atoms with E-state index in [9.17, 15) is 29.7 Å². The first kappa shape index (κ1) is 26.1.